The second-order valence-corrected chi connectivity index (χ2v) is 8.38. The van der Waals surface area contributed by atoms with Crippen molar-refractivity contribution in [2.75, 3.05) is 25.4 Å². The minimum Gasteiger partial charge on any atom is -0.357 e. The quantitative estimate of drug-likeness (QED) is 0.195. The molecule has 1 aromatic rings. The molecule has 3 N–H and O–H groups in total. The molecule has 0 heterocycles. The summed E-state index contributed by atoms with van der Waals surface area (Å²) in [7, 11) is -3.15. The lowest BCUT2D eigenvalue weighted by Crippen LogP contribution is -2.39. The highest BCUT2D eigenvalue weighted by atomic mass is 127. The van der Waals surface area contributed by atoms with Gasteiger partial charge < -0.3 is 10.6 Å². The molecule has 0 aliphatic heterocycles. The van der Waals surface area contributed by atoms with Crippen LogP contribution in [0.4, 0.5) is 0 Å². The van der Waals surface area contributed by atoms with Crippen molar-refractivity contribution in [2.45, 2.75) is 33.2 Å². The topological polar surface area (TPSA) is 82.6 Å². The van der Waals surface area contributed by atoms with E-state index in [0.717, 1.165) is 12.1 Å². The molecule has 0 aromatic heterocycles. The summed E-state index contributed by atoms with van der Waals surface area (Å²) in [5.74, 6) is 0.735. The van der Waals surface area contributed by atoms with Crippen LogP contribution in [0.25, 0.3) is 0 Å². The molecular weight excluding hydrogens is 510 g/mol. The number of rotatable bonds is 9. The van der Waals surface area contributed by atoms with Gasteiger partial charge in [-0.25, -0.2) is 13.1 Å². The first-order valence-electron chi connectivity index (χ1n) is 8.26. The Morgan fingerprint density at radius 1 is 1.27 bits per heavy atom. The Kier molecular flexibility index (Phi) is 12.8. The smallest absolute Gasteiger partial charge is 0.211 e. The molecule has 6 nitrogen and oxygen atoms in total. The van der Waals surface area contributed by atoms with E-state index in [4.69, 9.17) is 23.2 Å². The lowest BCUT2D eigenvalue weighted by molar-refractivity contribution is 0.580. The van der Waals surface area contributed by atoms with Crippen molar-refractivity contribution in [3.63, 3.8) is 0 Å². The SMILES string of the molecule is CCNC(=NCCCNS(=O)(=O)CC)NC(C)c1ccc(Cl)cc1Cl.I. The summed E-state index contributed by atoms with van der Waals surface area (Å²) in [4.78, 5) is 4.46. The number of nitrogens with one attached hydrogen (secondary N) is 3. The second kappa shape index (κ2) is 13.0. The van der Waals surface area contributed by atoms with Crippen molar-refractivity contribution in [3.8, 4) is 0 Å². The summed E-state index contributed by atoms with van der Waals surface area (Å²) in [6, 6.07) is 5.33. The van der Waals surface area contributed by atoms with Crippen molar-refractivity contribution in [1.29, 1.82) is 0 Å². The molecule has 150 valence electrons. The van der Waals surface area contributed by atoms with Crippen molar-refractivity contribution in [2.24, 2.45) is 4.99 Å². The van der Waals surface area contributed by atoms with Crippen molar-refractivity contribution < 1.29 is 8.42 Å². The average Bonchev–Trinajstić information content (AvgIpc) is 2.54. The highest BCUT2D eigenvalue weighted by Crippen LogP contribution is 2.25. The largest absolute Gasteiger partial charge is 0.357 e. The molecule has 0 spiro atoms. The number of halogens is 3. The molecule has 1 unspecified atom stereocenters. The molecule has 0 aliphatic rings. The van der Waals surface area contributed by atoms with E-state index in [1.54, 1.807) is 19.1 Å². The normalized spacial score (nSPS) is 13.0. The third kappa shape index (κ3) is 9.59. The van der Waals surface area contributed by atoms with Crippen LogP contribution < -0.4 is 15.4 Å². The van der Waals surface area contributed by atoms with Gasteiger partial charge in [0.1, 0.15) is 0 Å². The first-order valence-corrected chi connectivity index (χ1v) is 10.7. The van der Waals surface area contributed by atoms with Crippen LogP contribution in [0.5, 0.6) is 0 Å². The van der Waals surface area contributed by atoms with Crippen LogP contribution >= 0.6 is 47.2 Å². The highest BCUT2D eigenvalue weighted by molar-refractivity contribution is 14.0. The van der Waals surface area contributed by atoms with E-state index < -0.39 is 10.0 Å². The van der Waals surface area contributed by atoms with Crippen molar-refractivity contribution in [1.82, 2.24) is 15.4 Å². The van der Waals surface area contributed by atoms with Crippen LogP contribution in [-0.2, 0) is 10.0 Å². The first kappa shape index (κ1) is 25.7. The molecular formula is C16H27Cl2IN4O2S. The van der Waals surface area contributed by atoms with Gasteiger partial charge in [0.05, 0.1) is 11.8 Å². The fourth-order valence-corrected chi connectivity index (χ4v) is 3.29. The number of hydrogen-bond donors (Lipinski definition) is 3. The van der Waals surface area contributed by atoms with Crippen LogP contribution in [-0.4, -0.2) is 39.8 Å². The highest BCUT2D eigenvalue weighted by Gasteiger charge is 2.11. The van der Waals surface area contributed by atoms with E-state index in [0.29, 0.717) is 35.5 Å². The molecule has 26 heavy (non-hydrogen) atoms. The van der Waals surface area contributed by atoms with Gasteiger partial charge in [-0.15, -0.1) is 24.0 Å². The van der Waals surface area contributed by atoms with E-state index in [1.807, 2.05) is 19.9 Å². The number of sulfonamides is 1. The minimum absolute atomic E-state index is 0. The third-order valence-electron chi connectivity index (χ3n) is 3.43. The van der Waals surface area contributed by atoms with Crippen LogP contribution in [0, 0.1) is 0 Å². The number of hydrogen-bond acceptors (Lipinski definition) is 3. The van der Waals surface area contributed by atoms with Gasteiger partial charge in [0, 0.05) is 29.7 Å². The van der Waals surface area contributed by atoms with Crippen molar-refractivity contribution in [3.05, 3.63) is 33.8 Å². The number of aliphatic imine (C=N–C) groups is 1. The predicted molar refractivity (Wildman–Crippen MR) is 121 cm³/mol. The van der Waals surface area contributed by atoms with Gasteiger partial charge in [-0.1, -0.05) is 29.3 Å². The number of guanidine groups is 1. The van der Waals surface area contributed by atoms with Crippen LogP contribution in [0.1, 0.15) is 38.8 Å². The zero-order valence-electron chi connectivity index (χ0n) is 15.2. The summed E-state index contributed by atoms with van der Waals surface area (Å²) in [5.41, 5.74) is 0.923. The van der Waals surface area contributed by atoms with Crippen molar-refractivity contribution >= 4 is 63.2 Å². The average molecular weight is 537 g/mol. The van der Waals surface area contributed by atoms with Gasteiger partial charge in [-0.2, -0.15) is 0 Å². The van der Waals surface area contributed by atoms with Crippen LogP contribution in [0.2, 0.25) is 10.0 Å². The van der Waals surface area contributed by atoms with Gasteiger partial charge in [0.2, 0.25) is 10.0 Å². The minimum atomic E-state index is -3.15. The van der Waals surface area contributed by atoms with E-state index in [2.05, 4.69) is 20.3 Å². The van der Waals surface area contributed by atoms with E-state index >= 15 is 0 Å². The Morgan fingerprint density at radius 3 is 2.54 bits per heavy atom. The molecule has 0 bridgehead atoms. The standard InChI is InChI=1S/C16H26Cl2N4O2S.HI/c1-4-19-16(20-9-6-10-21-25(23,24)5-2)22-12(3)14-8-7-13(17)11-15(14)18;/h7-8,11-12,21H,4-6,9-10H2,1-3H3,(H2,19,20,22);1H. The van der Waals surface area contributed by atoms with Gasteiger partial charge >= 0.3 is 0 Å². The first-order chi connectivity index (χ1) is 11.8. The number of nitrogens with zero attached hydrogens (tertiary/aromatic N) is 1. The van der Waals surface area contributed by atoms with Crippen LogP contribution in [0.15, 0.2) is 23.2 Å². The fourth-order valence-electron chi connectivity index (χ4n) is 2.06. The fraction of sp³-hybridized carbons (Fsp3) is 0.562. The van der Waals surface area contributed by atoms with Crippen LogP contribution in [0.3, 0.4) is 0 Å². The maximum Gasteiger partial charge on any atom is 0.211 e. The zero-order chi connectivity index (χ0) is 18.9. The molecule has 0 amide bonds. The lowest BCUT2D eigenvalue weighted by Gasteiger charge is -2.19. The maximum atomic E-state index is 11.4. The van der Waals surface area contributed by atoms with E-state index in [-0.39, 0.29) is 35.8 Å². The third-order valence-corrected chi connectivity index (χ3v) is 5.40. The van der Waals surface area contributed by atoms with Gasteiger partial charge in [-0.3, -0.25) is 4.99 Å². The van der Waals surface area contributed by atoms with Gasteiger partial charge in [0.25, 0.3) is 0 Å². The molecule has 1 aromatic carbocycles. The summed E-state index contributed by atoms with van der Waals surface area (Å²) < 4.78 is 25.3. The lowest BCUT2D eigenvalue weighted by atomic mass is 10.1. The Balaban J connectivity index is 0.00000625. The number of benzene rings is 1. The molecule has 0 aliphatic carbocycles. The molecule has 0 radical (unpaired) electrons. The Bertz CT molecular complexity index is 687. The summed E-state index contributed by atoms with van der Waals surface area (Å²) in [5, 5.41) is 7.64. The molecule has 10 heteroatoms. The van der Waals surface area contributed by atoms with Gasteiger partial charge in [-0.05, 0) is 44.9 Å². The Hall–Kier alpha value is -0.290. The maximum absolute atomic E-state index is 11.4. The van der Waals surface area contributed by atoms with E-state index in [1.165, 1.54) is 0 Å². The van der Waals surface area contributed by atoms with E-state index in [9.17, 15) is 8.42 Å². The molecule has 0 saturated heterocycles. The summed E-state index contributed by atoms with van der Waals surface area (Å²) in [6.45, 7) is 7.16. The molecule has 0 saturated carbocycles. The molecule has 0 fully saturated rings. The summed E-state index contributed by atoms with van der Waals surface area (Å²) >= 11 is 12.2. The van der Waals surface area contributed by atoms with Gasteiger partial charge in [0.15, 0.2) is 5.96 Å². The molecule has 1 atom stereocenters. The predicted octanol–water partition coefficient (Wildman–Crippen LogP) is 3.56. The monoisotopic (exact) mass is 536 g/mol. The molecule has 1 rings (SSSR count). The zero-order valence-corrected chi connectivity index (χ0v) is 19.8. The Morgan fingerprint density at radius 2 is 1.96 bits per heavy atom. The Labute approximate surface area is 183 Å². The second-order valence-electron chi connectivity index (χ2n) is 5.44. The summed E-state index contributed by atoms with van der Waals surface area (Å²) in [6.07, 6.45) is 0.617.